The minimum Gasteiger partial charge on any atom is -0.550 e. The van der Waals surface area contributed by atoms with Gasteiger partial charge in [0.05, 0.1) is 6.33 Å². The largest absolute Gasteiger partial charge is 1.00 e. The Bertz CT molecular complexity index is 962. The van der Waals surface area contributed by atoms with Crippen molar-refractivity contribution in [2.75, 3.05) is 0 Å². The molecule has 2 heterocycles. The topological polar surface area (TPSA) is 113 Å². The Labute approximate surface area is 225 Å². The van der Waals surface area contributed by atoms with Crippen LogP contribution in [-0.2, 0) is 18.9 Å². The summed E-state index contributed by atoms with van der Waals surface area (Å²) in [6, 6.07) is 0. The number of aryl methyl sites for hydroxylation is 1. The molecule has 0 saturated carbocycles. The van der Waals surface area contributed by atoms with E-state index in [1.807, 2.05) is 0 Å². The van der Waals surface area contributed by atoms with E-state index in [9.17, 15) is 19.5 Å². The fourth-order valence-electron chi connectivity index (χ4n) is 3.61. The van der Waals surface area contributed by atoms with Gasteiger partial charge in [-0.2, -0.15) is 0 Å². The summed E-state index contributed by atoms with van der Waals surface area (Å²) < 4.78 is 2.37. The first-order chi connectivity index (χ1) is 15.9. The van der Waals surface area contributed by atoms with Crippen LogP contribution in [0.2, 0.25) is 0 Å². The van der Waals surface area contributed by atoms with Crippen LogP contribution in [0.5, 0.6) is 0 Å². The van der Waals surface area contributed by atoms with Gasteiger partial charge in [-0.1, -0.05) is 70.4 Å². The molecular formula is C25H41N4NaO4. The maximum Gasteiger partial charge on any atom is 1.00 e. The molecule has 0 atom stereocenters. The first-order valence-electron chi connectivity index (χ1n) is 12.3. The number of nitrogens with zero attached hydrogens (tertiary/aromatic N) is 3. The van der Waals surface area contributed by atoms with Crippen LogP contribution in [0, 0.1) is 0 Å². The molecular weight excluding hydrogens is 443 g/mol. The van der Waals surface area contributed by atoms with E-state index in [0.717, 1.165) is 23.8 Å². The number of nitrogens with one attached hydrogen (secondary N) is 1. The number of fused-ring (bicyclic) bond motifs is 1. The fourth-order valence-corrected chi connectivity index (χ4v) is 3.61. The third-order valence-corrected chi connectivity index (χ3v) is 5.67. The SMILES string of the molecule is CCCCCCCC/C=C\CCCCCCCC(=O)[O-].Cn1c(=O)c2[nH]cnc2n(C)c1=O.[Na+]. The quantitative estimate of drug-likeness (QED) is 0.228. The molecule has 0 aliphatic rings. The van der Waals surface area contributed by atoms with Gasteiger partial charge in [-0.05, 0) is 38.5 Å². The molecule has 0 aliphatic carbocycles. The van der Waals surface area contributed by atoms with Gasteiger partial charge in [-0.3, -0.25) is 13.9 Å². The number of carbonyl (C=O) groups excluding carboxylic acids is 1. The van der Waals surface area contributed by atoms with Gasteiger partial charge >= 0.3 is 35.2 Å². The number of H-pyrrole nitrogens is 1. The number of rotatable bonds is 15. The number of hydrogen-bond donors (Lipinski definition) is 1. The predicted octanol–water partition coefficient (Wildman–Crippen LogP) is 0.738. The van der Waals surface area contributed by atoms with Gasteiger partial charge in [-0.15, -0.1) is 0 Å². The number of aromatic nitrogens is 4. The van der Waals surface area contributed by atoms with E-state index < -0.39 is 5.97 Å². The average molecular weight is 485 g/mol. The molecule has 0 bridgehead atoms. The minimum absolute atomic E-state index is 0. The molecule has 0 saturated heterocycles. The summed E-state index contributed by atoms with van der Waals surface area (Å²) in [5.74, 6) is -0.914. The zero-order valence-electron chi connectivity index (χ0n) is 21.6. The van der Waals surface area contributed by atoms with Crippen LogP contribution in [0.25, 0.3) is 11.2 Å². The smallest absolute Gasteiger partial charge is 0.550 e. The standard InChI is InChI=1S/C18H34O2.C7H8N4O2.Na/c1-2-3-4-5-6-7-8-9-10-11-12-13-14-15-16-17-18(19)20;1-10-5-4(8-3-9-5)6(12)11(2)7(10)13;/h9-10H,2-8,11-17H2,1H3,(H,19,20);3H,1-2H3,(H,8,9);/q;;+1/p-1/b10-9-;;. The Balaban J connectivity index is 0.000000668. The third kappa shape index (κ3) is 12.7. The van der Waals surface area contributed by atoms with Crippen molar-refractivity contribution in [2.45, 2.75) is 96.8 Å². The third-order valence-electron chi connectivity index (χ3n) is 5.67. The second-order valence-corrected chi connectivity index (χ2v) is 8.51. The molecule has 2 aromatic heterocycles. The van der Waals surface area contributed by atoms with Crippen LogP contribution in [0.4, 0.5) is 0 Å². The zero-order valence-corrected chi connectivity index (χ0v) is 23.6. The number of carbonyl (C=O) groups is 1. The Hall–Kier alpha value is -1.64. The second-order valence-electron chi connectivity index (χ2n) is 8.51. The molecule has 0 radical (unpaired) electrons. The van der Waals surface area contributed by atoms with Crippen LogP contribution in [0.1, 0.15) is 96.8 Å². The number of aromatic amines is 1. The Morgan fingerprint density at radius 2 is 1.44 bits per heavy atom. The molecule has 0 aliphatic heterocycles. The van der Waals surface area contributed by atoms with Gasteiger partial charge < -0.3 is 14.9 Å². The molecule has 8 nitrogen and oxygen atoms in total. The number of allylic oxidation sites excluding steroid dienone is 2. The van der Waals surface area contributed by atoms with E-state index in [-0.39, 0.29) is 47.2 Å². The average Bonchev–Trinajstić information content (AvgIpc) is 3.29. The number of imidazole rings is 1. The van der Waals surface area contributed by atoms with Crippen molar-refractivity contribution in [3.8, 4) is 0 Å². The molecule has 1 N–H and O–H groups in total. The first-order valence-corrected chi connectivity index (χ1v) is 12.3. The van der Waals surface area contributed by atoms with Gasteiger partial charge in [0.2, 0.25) is 0 Å². The van der Waals surface area contributed by atoms with Crippen LogP contribution < -0.4 is 45.9 Å². The maximum atomic E-state index is 11.4. The van der Waals surface area contributed by atoms with E-state index in [1.165, 1.54) is 82.2 Å². The van der Waals surface area contributed by atoms with Gasteiger partial charge in [0, 0.05) is 20.1 Å². The zero-order chi connectivity index (χ0) is 24.5. The van der Waals surface area contributed by atoms with Crippen molar-refractivity contribution in [2.24, 2.45) is 14.1 Å². The van der Waals surface area contributed by atoms with Crippen LogP contribution in [-0.4, -0.2) is 25.1 Å². The molecule has 0 amide bonds. The maximum absolute atomic E-state index is 11.4. The molecule has 186 valence electrons. The summed E-state index contributed by atoms with van der Waals surface area (Å²) in [5.41, 5.74) is 0.0119. The van der Waals surface area contributed by atoms with E-state index in [0.29, 0.717) is 11.2 Å². The molecule has 0 aromatic carbocycles. The molecule has 2 rings (SSSR count). The normalized spacial score (nSPS) is 10.8. The van der Waals surface area contributed by atoms with Crippen LogP contribution in [0.15, 0.2) is 28.1 Å². The summed E-state index contributed by atoms with van der Waals surface area (Å²) in [4.78, 5) is 39.6. The predicted molar refractivity (Wildman–Crippen MR) is 131 cm³/mol. The van der Waals surface area contributed by atoms with Crippen molar-refractivity contribution in [3.05, 3.63) is 39.3 Å². The summed E-state index contributed by atoms with van der Waals surface area (Å²) in [6.45, 7) is 2.26. The summed E-state index contributed by atoms with van der Waals surface area (Å²) >= 11 is 0. The van der Waals surface area contributed by atoms with Crippen LogP contribution in [0.3, 0.4) is 0 Å². The number of carboxylic acid groups (broad SMARTS) is 1. The monoisotopic (exact) mass is 484 g/mol. The van der Waals surface area contributed by atoms with Crippen LogP contribution >= 0.6 is 0 Å². The van der Waals surface area contributed by atoms with E-state index in [1.54, 1.807) is 7.05 Å². The molecule has 0 unspecified atom stereocenters. The Kier molecular flexibility index (Phi) is 18.7. The van der Waals surface area contributed by atoms with Crippen molar-refractivity contribution < 1.29 is 39.5 Å². The van der Waals surface area contributed by atoms with Crippen molar-refractivity contribution in [1.82, 2.24) is 19.1 Å². The molecule has 9 heteroatoms. The van der Waals surface area contributed by atoms with Gasteiger partial charge in [0.1, 0.15) is 5.52 Å². The first kappa shape index (κ1) is 32.4. The number of carboxylic acids is 1. The number of aliphatic carboxylic acids is 1. The molecule has 2 aromatic rings. The van der Waals surface area contributed by atoms with Crippen molar-refractivity contribution in [1.29, 1.82) is 0 Å². The molecule has 0 fully saturated rings. The van der Waals surface area contributed by atoms with Crippen molar-refractivity contribution >= 4 is 17.1 Å². The molecule has 0 spiro atoms. The van der Waals surface area contributed by atoms with E-state index in [2.05, 4.69) is 29.0 Å². The summed E-state index contributed by atoms with van der Waals surface area (Å²) in [6.07, 6.45) is 22.3. The van der Waals surface area contributed by atoms with E-state index in [4.69, 9.17) is 0 Å². The van der Waals surface area contributed by atoms with Gasteiger partial charge in [-0.25, -0.2) is 9.78 Å². The molecule has 34 heavy (non-hydrogen) atoms. The second kappa shape index (κ2) is 19.6. The van der Waals surface area contributed by atoms with Crippen molar-refractivity contribution in [3.63, 3.8) is 0 Å². The Morgan fingerprint density at radius 3 is 2.00 bits per heavy atom. The summed E-state index contributed by atoms with van der Waals surface area (Å²) in [5, 5.41) is 10.2. The Morgan fingerprint density at radius 1 is 0.912 bits per heavy atom. The number of unbranched alkanes of at least 4 members (excludes halogenated alkanes) is 11. The van der Waals surface area contributed by atoms with Gasteiger partial charge in [0.15, 0.2) is 5.65 Å². The minimum atomic E-state index is -0.914. The summed E-state index contributed by atoms with van der Waals surface area (Å²) in [7, 11) is 3.01. The number of hydrogen-bond acceptors (Lipinski definition) is 5. The fraction of sp³-hybridized carbons (Fsp3) is 0.680. The van der Waals surface area contributed by atoms with E-state index >= 15 is 0 Å². The van der Waals surface area contributed by atoms with Gasteiger partial charge in [0.25, 0.3) is 5.56 Å².